The molecule has 4 aromatic carbocycles. The zero-order valence-electron chi connectivity index (χ0n) is 21.3. The van der Waals surface area contributed by atoms with Gasteiger partial charge in [0.2, 0.25) is 0 Å². The molecular formula is C33H30N4. The highest BCUT2D eigenvalue weighted by atomic mass is 15.4. The Labute approximate surface area is 218 Å². The summed E-state index contributed by atoms with van der Waals surface area (Å²) in [5.41, 5.74) is 10.0. The minimum absolute atomic E-state index is 0.662. The quantitative estimate of drug-likeness (QED) is 0.244. The monoisotopic (exact) mass is 482 g/mol. The van der Waals surface area contributed by atoms with Gasteiger partial charge in [0, 0.05) is 23.8 Å². The van der Waals surface area contributed by atoms with Gasteiger partial charge in [-0.05, 0) is 70.5 Å². The van der Waals surface area contributed by atoms with Gasteiger partial charge in [0.15, 0.2) is 11.6 Å². The smallest absolute Gasteiger partial charge is 0.178 e. The van der Waals surface area contributed by atoms with E-state index in [-0.39, 0.29) is 0 Å². The second-order valence-corrected chi connectivity index (χ2v) is 9.32. The van der Waals surface area contributed by atoms with Crippen LogP contribution in [-0.2, 0) is 12.8 Å². The summed E-state index contributed by atoms with van der Waals surface area (Å²) in [5, 5.41) is 0. The maximum atomic E-state index is 4.71. The molecule has 0 atom stereocenters. The Hall–Kier alpha value is -4.44. The Morgan fingerprint density at radius 2 is 0.946 bits per heavy atom. The Kier molecular flexibility index (Phi) is 6.15. The van der Waals surface area contributed by atoms with Crippen molar-refractivity contribution in [3.05, 3.63) is 121 Å². The summed E-state index contributed by atoms with van der Waals surface area (Å²) in [7, 11) is 0. The minimum Gasteiger partial charge on any atom is -0.305 e. The van der Waals surface area contributed by atoms with Crippen molar-refractivity contribution in [1.82, 2.24) is 9.97 Å². The second kappa shape index (κ2) is 9.90. The first-order chi connectivity index (χ1) is 18.3. The van der Waals surface area contributed by atoms with Gasteiger partial charge in [-0.1, -0.05) is 86.6 Å². The number of rotatable bonds is 6. The molecule has 4 heteroatoms. The van der Waals surface area contributed by atoms with Crippen LogP contribution in [0.3, 0.4) is 0 Å². The van der Waals surface area contributed by atoms with Gasteiger partial charge in [0.05, 0.1) is 0 Å². The van der Waals surface area contributed by atoms with E-state index in [2.05, 4.69) is 121 Å². The lowest BCUT2D eigenvalue weighted by Gasteiger charge is -2.21. The number of aromatic nitrogens is 2. The van der Waals surface area contributed by atoms with Crippen molar-refractivity contribution in [3.8, 4) is 22.3 Å². The number of fused-ring (bicyclic) bond motifs is 1. The first kappa shape index (κ1) is 23.0. The van der Waals surface area contributed by atoms with Crippen molar-refractivity contribution >= 4 is 23.0 Å². The Morgan fingerprint density at radius 3 is 1.35 bits per heavy atom. The van der Waals surface area contributed by atoms with Crippen molar-refractivity contribution in [3.63, 3.8) is 0 Å². The summed E-state index contributed by atoms with van der Waals surface area (Å²) in [5.74, 6) is 1.76. The number of nitrogens with zero attached hydrogens (tertiary/aromatic N) is 4. The fraction of sp³-hybridized carbons (Fsp3) is 0.152. The third-order valence-corrected chi connectivity index (χ3v) is 7.23. The molecule has 5 aromatic rings. The second-order valence-electron chi connectivity index (χ2n) is 9.32. The first-order valence-electron chi connectivity index (χ1n) is 13.0. The summed E-state index contributed by atoms with van der Waals surface area (Å²) in [6.07, 6.45) is 5.58. The molecule has 2 heterocycles. The SMILES string of the molecule is CCc1ccccc1-c1ccc(N2CN(c3ccc(-c4ccccc4CC)cc3)c3nccnc32)cc1. The van der Waals surface area contributed by atoms with Crippen molar-refractivity contribution in [2.75, 3.05) is 16.5 Å². The maximum Gasteiger partial charge on any atom is 0.178 e. The molecule has 0 bridgehead atoms. The fourth-order valence-corrected chi connectivity index (χ4v) is 5.25. The van der Waals surface area contributed by atoms with E-state index in [9.17, 15) is 0 Å². The normalized spacial score (nSPS) is 12.6. The van der Waals surface area contributed by atoms with Gasteiger partial charge in [-0.15, -0.1) is 0 Å². The zero-order valence-corrected chi connectivity index (χ0v) is 21.3. The highest BCUT2D eigenvalue weighted by Crippen LogP contribution is 2.42. The molecule has 1 aliphatic heterocycles. The molecule has 0 fully saturated rings. The van der Waals surface area contributed by atoms with Crippen LogP contribution >= 0.6 is 0 Å². The number of hydrogen-bond donors (Lipinski definition) is 0. The summed E-state index contributed by atoms with van der Waals surface area (Å²) < 4.78 is 0. The van der Waals surface area contributed by atoms with Gasteiger partial charge in [-0.25, -0.2) is 9.97 Å². The predicted molar refractivity (Wildman–Crippen MR) is 154 cm³/mol. The van der Waals surface area contributed by atoms with Crippen molar-refractivity contribution in [1.29, 1.82) is 0 Å². The molecule has 0 amide bonds. The summed E-state index contributed by atoms with van der Waals surface area (Å²) >= 11 is 0. The van der Waals surface area contributed by atoms with Crippen molar-refractivity contribution in [2.45, 2.75) is 26.7 Å². The lowest BCUT2D eigenvalue weighted by atomic mass is 9.98. The molecule has 0 unspecified atom stereocenters. The summed E-state index contributed by atoms with van der Waals surface area (Å²) in [6, 6.07) is 34.9. The van der Waals surface area contributed by atoms with Gasteiger partial charge < -0.3 is 9.80 Å². The van der Waals surface area contributed by atoms with Crippen LogP contribution in [0.2, 0.25) is 0 Å². The molecule has 182 valence electrons. The van der Waals surface area contributed by atoms with Gasteiger partial charge >= 0.3 is 0 Å². The van der Waals surface area contributed by atoms with E-state index in [0.29, 0.717) is 6.67 Å². The Bertz CT molecular complexity index is 1410. The average Bonchev–Trinajstić information content (AvgIpc) is 3.37. The van der Waals surface area contributed by atoms with E-state index in [4.69, 9.17) is 9.97 Å². The van der Waals surface area contributed by atoms with E-state index in [0.717, 1.165) is 35.9 Å². The van der Waals surface area contributed by atoms with Gasteiger partial charge in [0.1, 0.15) is 6.67 Å². The molecule has 4 nitrogen and oxygen atoms in total. The largest absolute Gasteiger partial charge is 0.305 e. The van der Waals surface area contributed by atoms with Crippen LogP contribution in [0.25, 0.3) is 22.3 Å². The van der Waals surface area contributed by atoms with E-state index < -0.39 is 0 Å². The zero-order chi connectivity index (χ0) is 25.2. The number of anilines is 4. The van der Waals surface area contributed by atoms with E-state index in [1.807, 2.05) is 0 Å². The van der Waals surface area contributed by atoms with Crippen LogP contribution in [0.15, 0.2) is 109 Å². The van der Waals surface area contributed by atoms with Crippen molar-refractivity contribution in [2.24, 2.45) is 0 Å². The number of hydrogen-bond acceptors (Lipinski definition) is 4. The third-order valence-electron chi connectivity index (χ3n) is 7.23. The lowest BCUT2D eigenvalue weighted by molar-refractivity contribution is 0.976. The highest BCUT2D eigenvalue weighted by molar-refractivity contribution is 5.83. The fourth-order valence-electron chi connectivity index (χ4n) is 5.25. The van der Waals surface area contributed by atoms with Crippen LogP contribution in [0.1, 0.15) is 25.0 Å². The van der Waals surface area contributed by atoms with E-state index in [1.54, 1.807) is 12.4 Å². The molecule has 0 saturated heterocycles. The van der Waals surface area contributed by atoms with Gasteiger partial charge in [-0.2, -0.15) is 0 Å². The van der Waals surface area contributed by atoms with Crippen LogP contribution < -0.4 is 9.80 Å². The van der Waals surface area contributed by atoms with Crippen LogP contribution in [0, 0.1) is 0 Å². The minimum atomic E-state index is 0.662. The standard InChI is InChI=1S/C33H30N4/c1-3-24-9-5-7-11-30(24)26-13-17-28(18-14-26)36-23-37(33-32(36)34-21-22-35-33)29-19-15-27(16-20-29)31-12-8-6-10-25(31)4-2/h5-22H,3-4,23H2,1-2H3. The van der Waals surface area contributed by atoms with E-state index >= 15 is 0 Å². The highest BCUT2D eigenvalue weighted by Gasteiger charge is 2.30. The van der Waals surface area contributed by atoms with Crippen LogP contribution in [-0.4, -0.2) is 16.6 Å². The first-order valence-corrected chi connectivity index (χ1v) is 13.0. The molecule has 0 radical (unpaired) electrons. The Morgan fingerprint density at radius 1 is 0.541 bits per heavy atom. The number of benzene rings is 4. The summed E-state index contributed by atoms with van der Waals surface area (Å²) in [6.45, 7) is 5.07. The van der Waals surface area contributed by atoms with Crippen LogP contribution in [0.5, 0.6) is 0 Å². The van der Waals surface area contributed by atoms with Crippen LogP contribution in [0.4, 0.5) is 23.0 Å². The van der Waals surface area contributed by atoms with Crippen molar-refractivity contribution < 1.29 is 0 Å². The van der Waals surface area contributed by atoms with Gasteiger partial charge in [-0.3, -0.25) is 0 Å². The molecule has 1 aromatic heterocycles. The topological polar surface area (TPSA) is 32.3 Å². The van der Waals surface area contributed by atoms with E-state index in [1.165, 1.54) is 33.4 Å². The Balaban J connectivity index is 1.30. The predicted octanol–water partition coefficient (Wildman–Crippen LogP) is 8.18. The molecule has 37 heavy (non-hydrogen) atoms. The molecule has 1 aliphatic rings. The average molecular weight is 483 g/mol. The summed E-state index contributed by atoms with van der Waals surface area (Å²) in [4.78, 5) is 13.9. The lowest BCUT2D eigenvalue weighted by Crippen LogP contribution is -2.24. The molecule has 6 rings (SSSR count). The molecule has 0 aliphatic carbocycles. The number of aryl methyl sites for hydroxylation is 2. The molecule has 0 N–H and O–H groups in total. The molecular weight excluding hydrogens is 452 g/mol. The molecule has 0 saturated carbocycles. The third kappa shape index (κ3) is 4.25. The van der Waals surface area contributed by atoms with Gasteiger partial charge in [0.25, 0.3) is 0 Å². The molecule has 0 spiro atoms. The maximum absolute atomic E-state index is 4.71.